The molecule has 0 aromatic heterocycles. The SMILES string of the molecule is CC/C(C)=C/C(=O)OC1(C)CCCCC1. The monoisotopic (exact) mass is 210 g/mol. The number of rotatable bonds is 3. The summed E-state index contributed by atoms with van der Waals surface area (Å²) in [6.45, 7) is 6.06. The standard InChI is InChI=1S/C13H22O2/c1-4-11(2)10-12(14)15-13(3)8-6-5-7-9-13/h10H,4-9H2,1-3H3/b11-10+. The van der Waals surface area contributed by atoms with E-state index < -0.39 is 0 Å². The molecule has 2 nitrogen and oxygen atoms in total. The van der Waals surface area contributed by atoms with E-state index in [9.17, 15) is 4.79 Å². The van der Waals surface area contributed by atoms with Gasteiger partial charge in [0.2, 0.25) is 0 Å². The Labute approximate surface area is 92.7 Å². The predicted octanol–water partition coefficient (Wildman–Crippen LogP) is 3.61. The summed E-state index contributed by atoms with van der Waals surface area (Å²) in [6.07, 6.45) is 8.19. The Balaban J connectivity index is 2.49. The molecule has 0 radical (unpaired) electrons. The number of allylic oxidation sites excluding steroid dienone is 1. The Hall–Kier alpha value is -0.790. The Morgan fingerprint density at radius 2 is 1.93 bits per heavy atom. The van der Waals surface area contributed by atoms with Gasteiger partial charge in [-0.3, -0.25) is 0 Å². The number of carbonyl (C=O) groups excluding carboxylic acids is 1. The van der Waals surface area contributed by atoms with E-state index in [-0.39, 0.29) is 11.6 Å². The Morgan fingerprint density at radius 3 is 2.47 bits per heavy atom. The smallest absolute Gasteiger partial charge is 0.331 e. The molecule has 0 aliphatic heterocycles. The molecule has 0 N–H and O–H groups in total. The summed E-state index contributed by atoms with van der Waals surface area (Å²) in [7, 11) is 0. The molecule has 1 aliphatic carbocycles. The second-order valence-corrected chi connectivity index (χ2v) is 4.78. The molecule has 1 rings (SSSR count). The second-order valence-electron chi connectivity index (χ2n) is 4.78. The quantitative estimate of drug-likeness (QED) is 0.525. The molecule has 0 saturated heterocycles. The van der Waals surface area contributed by atoms with Gasteiger partial charge in [0.15, 0.2) is 0 Å². The topological polar surface area (TPSA) is 26.3 Å². The zero-order valence-corrected chi connectivity index (χ0v) is 10.1. The molecule has 1 fully saturated rings. The molecule has 86 valence electrons. The molecule has 0 atom stereocenters. The van der Waals surface area contributed by atoms with Crippen molar-refractivity contribution < 1.29 is 9.53 Å². The van der Waals surface area contributed by atoms with Gasteiger partial charge in [0.1, 0.15) is 5.60 Å². The largest absolute Gasteiger partial charge is 0.456 e. The van der Waals surface area contributed by atoms with Crippen LogP contribution >= 0.6 is 0 Å². The highest BCUT2D eigenvalue weighted by molar-refractivity contribution is 5.83. The molecule has 0 amide bonds. The lowest BCUT2D eigenvalue weighted by molar-refractivity contribution is -0.154. The van der Waals surface area contributed by atoms with E-state index in [1.165, 1.54) is 19.3 Å². The minimum Gasteiger partial charge on any atom is -0.456 e. The summed E-state index contributed by atoms with van der Waals surface area (Å²) in [6, 6.07) is 0. The number of ether oxygens (including phenoxy) is 1. The Morgan fingerprint density at radius 1 is 1.33 bits per heavy atom. The predicted molar refractivity (Wildman–Crippen MR) is 61.6 cm³/mol. The molecular weight excluding hydrogens is 188 g/mol. The first kappa shape index (κ1) is 12.3. The van der Waals surface area contributed by atoms with Gasteiger partial charge < -0.3 is 4.74 Å². The lowest BCUT2D eigenvalue weighted by Crippen LogP contribution is -2.33. The third-order valence-corrected chi connectivity index (χ3v) is 3.18. The van der Waals surface area contributed by atoms with Crippen molar-refractivity contribution in [3.63, 3.8) is 0 Å². The molecule has 2 heteroatoms. The first-order valence-electron chi connectivity index (χ1n) is 5.96. The lowest BCUT2D eigenvalue weighted by Gasteiger charge is -2.32. The van der Waals surface area contributed by atoms with Crippen LogP contribution in [-0.2, 0) is 9.53 Å². The number of hydrogen-bond donors (Lipinski definition) is 0. The molecule has 0 heterocycles. The van der Waals surface area contributed by atoms with Gasteiger partial charge in [-0.05, 0) is 46.0 Å². The number of carbonyl (C=O) groups is 1. The molecule has 0 spiro atoms. The van der Waals surface area contributed by atoms with E-state index in [2.05, 4.69) is 6.92 Å². The normalized spacial score (nSPS) is 21.1. The minimum absolute atomic E-state index is 0.168. The van der Waals surface area contributed by atoms with Crippen LogP contribution in [0.15, 0.2) is 11.6 Å². The van der Waals surface area contributed by atoms with Crippen molar-refractivity contribution in [1.82, 2.24) is 0 Å². The van der Waals surface area contributed by atoms with Crippen molar-refractivity contribution in [2.75, 3.05) is 0 Å². The van der Waals surface area contributed by atoms with E-state index in [0.29, 0.717) is 0 Å². The summed E-state index contributed by atoms with van der Waals surface area (Å²) >= 11 is 0. The third kappa shape index (κ3) is 4.06. The van der Waals surface area contributed by atoms with Crippen LogP contribution in [-0.4, -0.2) is 11.6 Å². The zero-order valence-electron chi connectivity index (χ0n) is 10.1. The van der Waals surface area contributed by atoms with Crippen molar-refractivity contribution in [3.8, 4) is 0 Å². The van der Waals surface area contributed by atoms with Crippen molar-refractivity contribution in [2.45, 2.75) is 64.9 Å². The minimum atomic E-state index is -0.208. The Bertz CT molecular complexity index is 247. The van der Waals surface area contributed by atoms with Gasteiger partial charge in [-0.2, -0.15) is 0 Å². The van der Waals surface area contributed by atoms with Crippen molar-refractivity contribution in [3.05, 3.63) is 11.6 Å². The molecule has 1 aliphatic rings. The fourth-order valence-corrected chi connectivity index (χ4v) is 1.98. The van der Waals surface area contributed by atoms with Crippen LogP contribution in [0.4, 0.5) is 0 Å². The van der Waals surface area contributed by atoms with Crippen LogP contribution in [0.5, 0.6) is 0 Å². The lowest BCUT2D eigenvalue weighted by atomic mass is 9.86. The number of esters is 1. The molecular formula is C13H22O2. The molecule has 0 aromatic rings. The maximum absolute atomic E-state index is 11.6. The van der Waals surface area contributed by atoms with E-state index in [1.807, 2.05) is 13.8 Å². The van der Waals surface area contributed by atoms with Gasteiger partial charge in [-0.25, -0.2) is 4.79 Å². The van der Waals surface area contributed by atoms with E-state index in [1.54, 1.807) is 6.08 Å². The Kier molecular flexibility index (Phi) is 4.37. The average Bonchev–Trinajstić information content (AvgIpc) is 2.17. The van der Waals surface area contributed by atoms with Crippen LogP contribution in [0, 0.1) is 0 Å². The van der Waals surface area contributed by atoms with Crippen LogP contribution in [0.1, 0.15) is 59.3 Å². The van der Waals surface area contributed by atoms with Crippen molar-refractivity contribution in [1.29, 1.82) is 0 Å². The molecule has 0 bridgehead atoms. The summed E-state index contributed by atoms with van der Waals surface area (Å²) in [4.78, 5) is 11.6. The van der Waals surface area contributed by atoms with E-state index in [4.69, 9.17) is 4.74 Å². The highest BCUT2D eigenvalue weighted by Gasteiger charge is 2.29. The van der Waals surface area contributed by atoms with Gasteiger partial charge >= 0.3 is 5.97 Å². The average molecular weight is 210 g/mol. The maximum Gasteiger partial charge on any atom is 0.331 e. The van der Waals surface area contributed by atoms with Crippen LogP contribution in [0.3, 0.4) is 0 Å². The van der Waals surface area contributed by atoms with Crippen LogP contribution in [0.25, 0.3) is 0 Å². The van der Waals surface area contributed by atoms with Gasteiger partial charge in [-0.15, -0.1) is 0 Å². The van der Waals surface area contributed by atoms with Crippen molar-refractivity contribution >= 4 is 5.97 Å². The third-order valence-electron chi connectivity index (χ3n) is 3.18. The van der Waals surface area contributed by atoms with E-state index >= 15 is 0 Å². The first-order valence-corrected chi connectivity index (χ1v) is 5.96. The van der Waals surface area contributed by atoms with Gasteiger partial charge in [0, 0.05) is 6.08 Å². The van der Waals surface area contributed by atoms with Gasteiger partial charge in [0.05, 0.1) is 0 Å². The molecule has 0 aromatic carbocycles. The molecule has 1 saturated carbocycles. The first-order chi connectivity index (χ1) is 7.06. The summed E-state index contributed by atoms with van der Waals surface area (Å²) in [5, 5.41) is 0. The number of hydrogen-bond acceptors (Lipinski definition) is 2. The highest BCUT2D eigenvalue weighted by Crippen LogP contribution is 2.31. The maximum atomic E-state index is 11.6. The van der Waals surface area contributed by atoms with E-state index in [0.717, 1.165) is 24.8 Å². The summed E-state index contributed by atoms with van der Waals surface area (Å²) in [5.41, 5.74) is 0.874. The van der Waals surface area contributed by atoms with Crippen LogP contribution in [0.2, 0.25) is 0 Å². The van der Waals surface area contributed by atoms with Crippen LogP contribution < -0.4 is 0 Å². The zero-order chi connectivity index (χ0) is 11.3. The van der Waals surface area contributed by atoms with Gasteiger partial charge in [0.25, 0.3) is 0 Å². The van der Waals surface area contributed by atoms with Crippen molar-refractivity contribution in [2.24, 2.45) is 0 Å². The summed E-state index contributed by atoms with van der Waals surface area (Å²) < 4.78 is 5.54. The highest BCUT2D eigenvalue weighted by atomic mass is 16.6. The van der Waals surface area contributed by atoms with Gasteiger partial charge in [-0.1, -0.05) is 18.9 Å². The fraction of sp³-hybridized carbons (Fsp3) is 0.769. The fourth-order valence-electron chi connectivity index (χ4n) is 1.98. The second kappa shape index (κ2) is 5.34. The molecule has 0 unspecified atom stereocenters. The summed E-state index contributed by atoms with van der Waals surface area (Å²) in [5.74, 6) is -0.168. The molecule has 15 heavy (non-hydrogen) atoms.